The number of aromatic hydroxyl groups is 1. The van der Waals surface area contributed by atoms with Gasteiger partial charge in [-0.25, -0.2) is 0 Å². The number of phenolic OH excluding ortho intramolecular Hbond substituents is 1. The van der Waals surface area contributed by atoms with Gasteiger partial charge in [0.15, 0.2) is 0 Å². The third-order valence-corrected chi connectivity index (χ3v) is 8.36. The Morgan fingerprint density at radius 3 is 1.53 bits per heavy atom. The molecular formula is C26H17F6NOS2. The van der Waals surface area contributed by atoms with Crippen LogP contribution in [0.3, 0.4) is 0 Å². The highest BCUT2D eigenvalue weighted by Crippen LogP contribution is 2.66. The van der Waals surface area contributed by atoms with Crippen LogP contribution in [0, 0.1) is 13.8 Å². The van der Waals surface area contributed by atoms with Gasteiger partial charge >= 0.3 is 17.8 Å². The van der Waals surface area contributed by atoms with Crippen molar-refractivity contribution in [1.82, 2.24) is 4.98 Å². The Morgan fingerprint density at radius 2 is 1.08 bits per heavy atom. The topological polar surface area (TPSA) is 33.1 Å². The largest absolute Gasteiger partial charge is 0.508 e. The number of pyridine rings is 1. The zero-order valence-electron chi connectivity index (χ0n) is 18.8. The zero-order valence-corrected chi connectivity index (χ0v) is 20.4. The summed E-state index contributed by atoms with van der Waals surface area (Å²) < 4.78 is 90.7. The van der Waals surface area contributed by atoms with Crippen LogP contribution in [0.25, 0.3) is 32.0 Å². The van der Waals surface area contributed by atoms with Gasteiger partial charge in [0.1, 0.15) is 5.75 Å². The van der Waals surface area contributed by atoms with Gasteiger partial charge < -0.3 is 5.11 Å². The highest BCUT2D eigenvalue weighted by atomic mass is 32.1. The van der Waals surface area contributed by atoms with Crippen LogP contribution in [0.4, 0.5) is 26.3 Å². The number of benzene rings is 1. The molecule has 0 saturated heterocycles. The van der Waals surface area contributed by atoms with E-state index in [1.807, 2.05) is 0 Å². The van der Waals surface area contributed by atoms with Crippen LogP contribution < -0.4 is 0 Å². The maximum Gasteiger partial charge on any atom is 0.380 e. The van der Waals surface area contributed by atoms with E-state index in [4.69, 9.17) is 0 Å². The number of aromatic nitrogens is 1. The Bertz CT molecular complexity index is 1490. The molecule has 3 heterocycles. The van der Waals surface area contributed by atoms with E-state index in [1.54, 1.807) is 12.1 Å². The molecule has 0 amide bonds. The summed E-state index contributed by atoms with van der Waals surface area (Å²) in [7, 11) is 0. The molecule has 1 aliphatic rings. The smallest absolute Gasteiger partial charge is 0.380 e. The highest BCUT2D eigenvalue weighted by Gasteiger charge is 2.80. The Kier molecular flexibility index (Phi) is 5.60. The van der Waals surface area contributed by atoms with Gasteiger partial charge in [-0.3, -0.25) is 4.98 Å². The monoisotopic (exact) mass is 537 g/mol. The molecule has 1 aliphatic carbocycles. The summed E-state index contributed by atoms with van der Waals surface area (Å²) in [6, 6.07) is 11.6. The lowest BCUT2D eigenvalue weighted by atomic mass is 9.94. The number of hydrogen-bond donors (Lipinski definition) is 1. The van der Waals surface area contributed by atoms with Crippen LogP contribution in [0.5, 0.6) is 5.75 Å². The molecule has 0 saturated carbocycles. The average molecular weight is 538 g/mol. The van der Waals surface area contributed by atoms with Crippen molar-refractivity contribution in [2.24, 2.45) is 0 Å². The zero-order chi connectivity index (χ0) is 26.0. The fraction of sp³-hybridized carbons (Fsp3) is 0.192. The predicted octanol–water partition coefficient (Wildman–Crippen LogP) is 8.69. The first kappa shape index (κ1) is 24.6. The SMILES string of the molecule is Cc1sc(-c2ccncc2)cc1C1=C(c2cc(-c3ccc(O)cc3)sc2C)C(F)(F)C(F)(F)C1(F)F. The van der Waals surface area contributed by atoms with E-state index < -0.39 is 28.9 Å². The Morgan fingerprint density at radius 1 is 0.667 bits per heavy atom. The number of halogens is 6. The molecule has 0 spiro atoms. The second kappa shape index (κ2) is 8.21. The van der Waals surface area contributed by atoms with Crippen molar-refractivity contribution in [2.45, 2.75) is 31.6 Å². The molecule has 2 nitrogen and oxygen atoms in total. The van der Waals surface area contributed by atoms with Gasteiger partial charge in [-0.05, 0) is 84.6 Å². The molecule has 10 heteroatoms. The van der Waals surface area contributed by atoms with E-state index in [-0.39, 0.29) is 26.6 Å². The third-order valence-electron chi connectivity index (χ3n) is 6.16. The van der Waals surface area contributed by atoms with Crippen molar-refractivity contribution < 1.29 is 31.4 Å². The number of thiophene rings is 2. The van der Waals surface area contributed by atoms with Crippen LogP contribution in [0.15, 0.2) is 60.9 Å². The molecule has 36 heavy (non-hydrogen) atoms. The fourth-order valence-electron chi connectivity index (χ4n) is 4.32. The Balaban J connectivity index is 1.77. The van der Waals surface area contributed by atoms with Crippen molar-refractivity contribution in [1.29, 1.82) is 0 Å². The molecule has 5 rings (SSSR count). The summed E-state index contributed by atoms with van der Waals surface area (Å²) in [4.78, 5) is 5.20. The fourth-order valence-corrected chi connectivity index (χ4v) is 6.38. The van der Waals surface area contributed by atoms with Gasteiger partial charge in [0.25, 0.3) is 0 Å². The Hall–Kier alpha value is -3.11. The molecule has 1 N–H and O–H groups in total. The summed E-state index contributed by atoms with van der Waals surface area (Å²) in [5, 5.41) is 9.52. The van der Waals surface area contributed by atoms with Crippen molar-refractivity contribution >= 4 is 33.8 Å². The summed E-state index contributed by atoms with van der Waals surface area (Å²) in [6.07, 6.45) is 2.97. The maximum atomic E-state index is 15.3. The minimum absolute atomic E-state index is 0.0169. The summed E-state index contributed by atoms with van der Waals surface area (Å²) in [6.45, 7) is 2.88. The molecule has 1 aromatic carbocycles. The quantitative estimate of drug-likeness (QED) is 0.264. The minimum Gasteiger partial charge on any atom is -0.508 e. The summed E-state index contributed by atoms with van der Waals surface area (Å²) in [5.41, 5.74) is -2.27. The van der Waals surface area contributed by atoms with Gasteiger partial charge in [0, 0.05) is 43.0 Å². The Labute approximate surface area is 210 Å². The first-order valence-electron chi connectivity index (χ1n) is 10.7. The van der Waals surface area contributed by atoms with Crippen LogP contribution in [0.2, 0.25) is 0 Å². The highest BCUT2D eigenvalue weighted by molar-refractivity contribution is 7.16. The van der Waals surface area contributed by atoms with E-state index in [0.29, 0.717) is 20.9 Å². The van der Waals surface area contributed by atoms with Crippen molar-refractivity contribution in [3.8, 4) is 26.6 Å². The molecule has 0 unspecified atom stereocenters. The second-order valence-corrected chi connectivity index (χ2v) is 10.9. The lowest BCUT2D eigenvalue weighted by Gasteiger charge is -2.25. The number of alkyl halides is 6. The normalized spacial score (nSPS) is 18.1. The van der Waals surface area contributed by atoms with E-state index in [2.05, 4.69) is 4.98 Å². The maximum absolute atomic E-state index is 15.3. The van der Waals surface area contributed by atoms with Crippen LogP contribution in [0.1, 0.15) is 20.9 Å². The van der Waals surface area contributed by atoms with Gasteiger partial charge in [-0.2, -0.15) is 26.3 Å². The standard InChI is InChI=1S/C26H17F6NOS2/c1-13-18(11-20(35-13)15-3-5-17(34)6-4-15)22-23(25(29,30)26(31,32)24(22,27)28)19-12-21(36-14(19)2)16-7-9-33-10-8-16/h3-12,34H,1-2H3. The van der Waals surface area contributed by atoms with Gasteiger partial charge in [0.05, 0.1) is 0 Å². The van der Waals surface area contributed by atoms with Gasteiger partial charge in [-0.15, -0.1) is 22.7 Å². The molecule has 186 valence electrons. The molecular weight excluding hydrogens is 520 g/mol. The molecule has 4 aromatic rings. The van der Waals surface area contributed by atoms with E-state index >= 15 is 17.6 Å². The van der Waals surface area contributed by atoms with Crippen molar-refractivity contribution in [3.63, 3.8) is 0 Å². The average Bonchev–Trinajstić information content (AvgIpc) is 3.42. The van der Waals surface area contributed by atoms with Crippen molar-refractivity contribution in [2.75, 3.05) is 0 Å². The molecule has 0 radical (unpaired) electrons. The minimum atomic E-state index is -5.62. The number of nitrogens with zero attached hydrogens (tertiary/aromatic N) is 1. The van der Waals surface area contributed by atoms with E-state index in [0.717, 1.165) is 22.7 Å². The first-order valence-corrected chi connectivity index (χ1v) is 12.3. The number of aryl methyl sites for hydroxylation is 2. The second-order valence-electron chi connectivity index (χ2n) is 8.42. The lowest BCUT2D eigenvalue weighted by molar-refractivity contribution is -0.254. The molecule has 0 atom stereocenters. The van der Waals surface area contributed by atoms with E-state index in [1.165, 1.54) is 62.6 Å². The van der Waals surface area contributed by atoms with E-state index in [9.17, 15) is 13.9 Å². The van der Waals surface area contributed by atoms with Gasteiger partial charge in [-0.1, -0.05) is 0 Å². The predicted molar refractivity (Wildman–Crippen MR) is 130 cm³/mol. The first-order chi connectivity index (χ1) is 16.9. The molecule has 0 fully saturated rings. The van der Waals surface area contributed by atoms with Crippen LogP contribution >= 0.6 is 22.7 Å². The third kappa shape index (κ3) is 3.49. The summed E-state index contributed by atoms with van der Waals surface area (Å²) in [5.74, 6) is -15.9. The molecule has 0 aliphatic heterocycles. The summed E-state index contributed by atoms with van der Waals surface area (Å²) >= 11 is 2.08. The number of allylic oxidation sites excluding steroid dienone is 2. The molecule has 3 aromatic heterocycles. The van der Waals surface area contributed by atoms with Crippen LogP contribution in [-0.4, -0.2) is 27.9 Å². The number of rotatable bonds is 4. The lowest BCUT2D eigenvalue weighted by Crippen LogP contribution is -2.48. The van der Waals surface area contributed by atoms with Crippen LogP contribution in [-0.2, 0) is 0 Å². The number of phenols is 1. The van der Waals surface area contributed by atoms with Crippen molar-refractivity contribution in [3.05, 3.63) is 81.8 Å². The molecule has 0 bridgehead atoms. The van der Waals surface area contributed by atoms with Gasteiger partial charge in [0.2, 0.25) is 0 Å². The number of hydrogen-bond acceptors (Lipinski definition) is 4.